The van der Waals surface area contributed by atoms with Crippen molar-refractivity contribution in [3.05, 3.63) is 44.8 Å². The van der Waals surface area contributed by atoms with E-state index in [-0.39, 0.29) is 27.7 Å². The van der Waals surface area contributed by atoms with Crippen LogP contribution in [0.15, 0.2) is 23.1 Å². The number of rotatable bonds is 7. The molecule has 8 nitrogen and oxygen atoms in total. The minimum atomic E-state index is -3.56. The van der Waals surface area contributed by atoms with Gasteiger partial charge in [-0.15, -0.1) is 11.3 Å². The van der Waals surface area contributed by atoms with Gasteiger partial charge in [0.25, 0.3) is 5.91 Å². The van der Waals surface area contributed by atoms with Crippen LogP contribution in [0.5, 0.6) is 0 Å². The van der Waals surface area contributed by atoms with Crippen molar-refractivity contribution >= 4 is 55.6 Å². The third kappa shape index (κ3) is 5.59. The van der Waals surface area contributed by atoms with Gasteiger partial charge in [0.1, 0.15) is 5.00 Å². The number of aryl methyl sites for hydroxylation is 1. The van der Waals surface area contributed by atoms with Gasteiger partial charge < -0.3 is 14.8 Å². The molecule has 0 bridgehead atoms. The van der Waals surface area contributed by atoms with Crippen molar-refractivity contribution in [1.29, 1.82) is 0 Å². The van der Waals surface area contributed by atoms with Gasteiger partial charge in [0, 0.05) is 11.1 Å². The molecule has 2 aromatic rings. The second kappa shape index (κ2) is 9.59. The fourth-order valence-electron chi connectivity index (χ4n) is 2.43. The molecule has 0 spiro atoms. The molecule has 0 radical (unpaired) electrons. The number of anilines is 1. The predicted octanol–water partition coefficient (Wildman–Crippen LogP) is 3.39. The second-order valence-corrected chi connectivity index (χ2v) is 9.89. The minimum Gasteiger partial charge on any atom is -0.462 e. The van der Waals surface area contributed by atoms with E-state index in [2.05, 4.69) is 5.32 Å². The van der Waals surface area contributed by atoms with E-state index in [0.717, 1.165) is 17.2 Å². The maximum absolute atomic E-state index is 12.3. The lowest BCUT2D eigenvalue weighted by molar-refractivity contribution is -0.119. The summed E-state index contributed by atoms with van der Waals surface area (Å²) in [7, 11) is -3.56. The van der Waals surface area contributed by atoms with Gasteiger partial charge in [-0.1, -0.05) is 11.6 Å². The Morgan fingerprint density at radius 2 is 1.80 bits per heavy atom. The number of ether oxygens (including phenoxy) is 2. The predicted molar refractivity (Wildman–Crippen MR) is 113 cm³/mol. The average Bonchev–Trinajstić information content (AvgIpc) is 2.92. The molecule has 1 amide bonds. The highest BCUT2D eigenvalue weighted by Gasteiger charge is 2.23. The topological polar surface area (TPSA) is 116 Å². The smallest absolute Gasteiger partial charge is 0.341 e. The van der Waals surface area contributed by atoms with Crippen LogP contribution in [0.3, 0.4) is 0 Å². The molecule has 2 rings (SSSR count). The fourth-order valence-corrected chi connectivity index (χ4v) is 4.33. The average molecular weight is 474 g/mol. The first-order chi connectivity index (χ1) is 14.0. The molecular formula is C19H20ClNO7S2. The first-order valence-corrected chi connectivity index (χ1v) is 11.8. The lowest BCUT2D eigenvalue weighted by Crippen LogP contribution is -2.22. The second-order valence-electron chi connectivity index (χ2n) is 6.25. The Balaban J connectivity index is 2.12. The number of nitrogens with one attached hydrogen (secondary N) is 1. The molecule has 0 saturated carbocycles. The molecule has 1 heterocycles. The quantitative estimate of drug-likeness (QED) is 0.612. The SMILES string of the molecule is CCOC(=O)c1c(NC(=O)COC(=O)c2cc(S(C)(=O)=O)ccc2Cl)sc(C)c1C. The molecule has 0 aliphatic heterocycles. The van der Waals surface area contributed by atoms with Crippen molar-refractivity contribution in [2.75, 3.05) is 24.8 Å². The normalized spacial score (nSPS) is 11.1. The third-order valence-electron chi connectivity index (χ3n) is 4.04. The molecule has 30 heavy (non-hydrogen) atoms. The number of carbonyl (C=O) groups excluding carboxylic acids is 3. The van der Waals surface area contributed by atoms with Crippen LogP contribution in [-0.4, -0.2) is 45.7 Å². The van der Waals surface area contributed by atoms with Crippen molar-refractivity contribution in [2.24, 2.45) is 0 Å². The summed E-state index contributed by atoms with van der Waals surface area (Å²) in [5.74, 6) is -2.19. The maximum Gasteiger partial charge on any atom is 0.341 e. The van der Waals surface area contributed by atoms with Crippen molar-refractivity contribution in [3.8, 4) is 0 Å². The molecule has 0 aliphatic carbocycles. The van der Waals surface area contributed by atoms with E-state index in [0.29, 0.717) is 10.6 Å². The zero-order valence-electron chi connectivity index (χ0n) is 16.7. The number of thiophene rings is 1. The molecule has 0 unspecified atom stereocenters. The van der Waals surface area contributed by atoms with Crippen LogP contribution in [0.25, 0.3) is 0 Å². The van der Waals surface area contributed by atoms with Crippen LogP contribution < -0.4 is 5.32 Å². The Morgan fingerprint density at radius 3 is 2.40 bits per heavy atom. The number of carbonyl (C=O) groups is 3. The Kier molecular flexibility index (Phi) is 7.62. The van der Waals surface area contributed by atoms with Gasteiger partial charge in [-0.05, 0) is 44.5 Å². The number of hydrogen-bond donors (Lipinski definition) is 1. The van der Waals surface area contributed by atoms with Gasteiger partial charge >= 0.3 is 11.9 Å². The molecule has 1 aromatic carbocycles. The highest BCUT2D eigenvalue weighted by atomic mass is 35.5. The minimum absolute atomic E-state index is 0.0121. The van der Waals surface area contributed by atoms with Crippen LogP contribution in [0.1, 0.15) is 38.1 Å². The van der Waals surface area contributed by atoms with Crippen molar-refractivity contribution in [2.45, 2.75) is 25.7 Å². The summed E-state index contributed by atoms with van der Waals surface area (Å²) in [5, 5.41) is 2.82. The number of amides is 1. The third-order valence-corrected chi connectivity index (χ3v) is 6.60. The summed E-state index contributed by atoms with van der Waals surface area (Å²) in [5.41, 5.74) is 0.764. The van der Waals surface area contributed by atoms with E-state index in [1.54, 1.807) is 20.8 Å². The zero-order chi connectivity index (χ0) is 22.6. The van der Waals surface area contributed by atoms with Crippen LogP contribution in [0.4, 0.5) is 5.00 Å². The monoisotopic (exact) mass is 473 g/mol. The first kappa shape index (κ1) is 23.8. The number of benzene rings is 1. The number of halogens is 1. The molecule has 11 heteroatoms. The van der Waals surface area contributed by atoms with Gasteiger partial charge in [-0.3, -0.25) is 4.79 Å². The molecule has 0 saturated heterocycles. The van der Waals surface area contributed by atoms with E-state index in [4.69, 9.17) is 21.1 Å². The lowest BCUT2D eigenvalue weighted by Gasteiger charge is -2.09. The Labute approximate surface area is 183 Å². The summed E-state index contributed by atoms with van der Waals surface area (Å²) < 4.78 is 33.3. The molecular weight excluding hydrogens is 454 g/mol. The van der Waals surface area contributed by atoms with Crippen LogP contribution in [-0.2, 0) is 24.1 Å². The first-order valence-electron chi connectivity index (χ1n) is 8.69. The van der Waals surface area contributed by atoms with Gasteiger partial charge in [0.05, 0.1) is 27.7 Å². The largest absolute Gasteiger partial charge is 0.462 e. The summed E-state index contributed by atoms with van der Waals surface area (Å²) in [6.07, 6.45) is 0.991. The van der Waals surface area contributed by atoms with Crippen LogP contribution in [0, 0.1) is 13.8 Å². The van der Waals surface area contributed by atoms with Crippen molar-refractivity contribution < 1.29 is 32.3 Å². The lowest BCUT2D eigenvalue weighted by atomic mass is 10.1. The van der Waals surface area contributed by atoms with Gasteiger partial charge in [-0.25, -0.2) is 18.0 Å². The summed E-state index contributed by atoms with van der Waals surface area (Å²) in [6, 6.07) is 3.61. The van der Waals surface area contributed by atoms with E-state index in [1.165, 1.54) is 23.5 Å². The van der Waals surface area contributed by atoms with E-state index in [1.807, 2.05) is 0 Å². The summed E-state index contributed by atoms with van der Waals surface area (Å²) >= 11 is 7.15. The highest BCUT2D eigenvalue weighted by Crippen LogP contribution is 2.33. The van der Waals surface area contributed by atoms with Gasteiger partial charge in [0.2, 0.25) is 0 Å². The molecule has 0 fully saturated rings. The maximum atomic E-state index is 12.3. The van der Waals surface area contributed by atoms with Gasteiger partial charge in [-0.2, -0.15) is 0 Å². The van der Waals surface area contributed by atoms with E-state index in [9.17, 15) is 22.8 Å². The van der Waals surface area contributed by atoms with Gasteiger partial charge in [0.15, 0.2) is 16.4 Å². The summed E-state index contributed by atoms with van der Waals surface area (Å²) in [4.78, 5) is 37.4. The van der Waals surface area contributed by atoms with E-state index < -0.39 is 34.3 Å². The molecule has 1 N–H and O–H groups in total. The van der Waals surface area contributed by atoms with Crippen molar-refractivity contribution in [3.63, 3.8) is 0 Å². The van der Waals surface area contributed by atoms with Crippen LogP contribution >= 0.6 is 22.9 Å². The zero-order valence-corrected chi connectivity index (χ0v) is 19.1. The number of esters is 2. The highest BCUT2D eigenvalue weighted by molar-refractivity contribution is 7.90. The molecule has 1 aromatic heterocycles. The Morgan fingerprint density at radius 1 is 1.13 bits per heavy atom. The molecule has 0 atom stereocenters. The fraction of sp³-hybridized carbons (Fsp3) is 0.316. The van der Waals surface area contributed by atoms with E-state index >= 15 is 0 Å². The number of sulfone groups is 1. The number of hydrogen-bond acceptors (Lipinski definition) is 8. The molecule has 0 aliphatic rings. The molecule has 162 valence electrons. The summed E-state index contributed by atoms with van der Waals surface area (Å²) in [6.45, 7) is 4.75. The Bertz CT molecular complexity index is 1110. The Hall–Kier alpha value is -2.43. The standard InChI is InChI=1S/C19H20ClNO7S2/c1-5-27-19(24)16-10(2)11(3)29-17(16)21-15(22)9-28-18(23)13-8-12(30(4,25)26)6-7-14(13)20/h6-8H,5,9H2,1-4H3,(H,21,22). The van der Waals surface area contributed by atoms with Crippen molar-refractivity contribution in [1.82, 2.24) is 0 Å². The van der Waals surface area contributed by atoms with Crippen LogP contribution in [0.2, 0.25) is 5.02 Å².